The van der Waals surface area contributed by atoms with Gasteiger partial charge in [-0.3, -0.25) is 0 Å². The van der Waals surface area contributed by atoms with Gasteiger partial charge in [0.05, 0.1) is 22.1 Å². The molecule has 2 aromatic heterocycles. The van der Waals surface area contributed by atoms with Crippen molar-refractivity contribution in [1.29, 1.82) is 0 Å². The number of aromatic nitrogens is 2. The highest BCUT2D eigenvalue weighted by atomic mass is 15.0. The van der Waals surface area contributed by atoms with E-state index in [9.17, 15) is 0 Å². The largest absolute Gasteiger partial charge is 0.309 e. The molecule has 2 heteroatoms. The molecule has 13 rings (SSSR count). The van der Waals surface area contributed by atoms with Crippen molar-refractivity contribution in [2.45, 2.75) is 0 Å². The van der Waals surface area contributed by atoms with Gasteiger partial charge in [-0.05, 0) is 139 Å². The van der Waals surface area contributed by atoms with Gasteiger partial charge in [0.25, 0.3) is 0 Å². The summed E-state index contributed by atoms with van der Waals surface area (Å²) in [6.07, 6.45) is 0. The summed E-state index contributed by atoms with van der Waals surface area (Å²) < 4.78 is 4.83. The Balaban J connectivity index is 0.942. The van der Waals surface area contributed by atoms with Crippen molar-refractivity contribution in [2.24, 2.45) is 0 Å². The van der Waals surface area contributed by atoms with Gasteiger partial charge in [-0.15, -0.1) is 0 Å². The van der Waals surface area contributed by atoms with Crippen LogP contribution in [0, 0.1) is 0 Å². The number of hydrogen-bond donors (Lipinski definition) is 0. The number of nitrogens with zero attached hydrogens (tertiary/aromatic N) is 2. The van der Waals surface area contributed by atoms with Crippen LogP contribution in [0.4, 0.5) is 0 Å². The summed E-state index contributed by atoms with van der Waals surface area (Å²) >= 11 is 0. The predicted octanol–water partition coefficient (Wildman–Crippen LogP) is 15.2. The number of fused-ring (bicyclic) bond motifs is 11. The summed E-state index contributed by atoms with van der Waals surface area (Å²) in [6, 6.07) is 76.2. The second-order valence-electron chi connectivity index (χ2n) is 15.7. The van der Waals surface area contributed by atoms with Crippen molar-refractivity contribution in [2.75, 3.05) is 0 Å². The molecule has 2 nitrogen and oxygen atoms in total. The van der Waals surface area contributed by atoms with Gasteiger partial charge in [0, 0.05) is 32.9 Å². The maximum atomic E-state index is 2.42. The van der Waals surface area contributed by atoms with Gasteiger partial charge >= 0.3 is 0 Å². The van der Waals surface area contributed by atoms with E-state index in [1.807, 2.05) is 0 Å². The van der Waals surface area contributed by atoms with Crippen molar-refractivity contribution in [3.05, 3.63) is 206 Å². The minimum atomic E-state index is 1.16. The zero-order valence-corrected chi connectivity index (χ0v) is 31.5. The first-order valence-corrected chi connectivity index (χ1v) is 20.1. The third-order valence-electron chi connectivity index (χ3n) is 12.6. The Morgan fingerprint density at radius 1 is 0.241 bits per heavy atom. The molecule has 0 N–H and O–H groups in total. The Bertz CT molecular complexity index is 3660. The highest BCUT2D eigenvalue weighted by Crippen LogP contribution is 2.49. The Morgan fingerprint density at radius 3 is 1.64 bits per heavy atom. The first kappa shape index (κ1) is 31.5. The van der Waals surface area contributed by atoms with Crippen LogP contribution in [0.15, 0.2) is 206 Å². The molecule has 58 heavy (non-hydrogen) atoms. The molecule has 0 fully saturated rings. The monoisotopic (exact) mass is 734 g/mol. The van der Waals surface area contributed by atoms with Crippen LogP contribution in [0.5, 0.6) is 0 Å². The summed E-state index contributed by atoms with van der Waals surface area (Å²) in [5.74, 6) is 0. The molecule has 0 bridgehead atoms. The zero-order chi connectivity index (χ0) is 37.9. The molecule has 2 heterocycles. The second kappa shape index (κ2) is 11.9. The lowest BCUT2D eigenvalue weighted by atomic mass is 9.96. The lowest BCUT2D eigenvalue weighted by Crippen LogP contribution is -1.94. The SMILES string of the molecule is c1ccc(-n2c3ccc(-c4ccc5c(c4)c4ccccc4n5-c4ccc(-c5cc6c7c(cccc7c5)-c5ccccc5-6)cc4)cc3c3c4ccccc4ccc32)cc1. The van der Waals surface area contributed by atoms with Gasteiger partial charge in [-0.25, -0.2) is 0 Å². The third-order valence-corrected chi connectivity index (χ3v) is 12.6. The molecule has 0 saturated carbocycles. The van der Waals surface area contributed by atoms with Crippen LogP contribution in [0.2, 0.25) is 0 Å². The average molecular weight is 735 g/mol. The highest BCUT2D eigenvalue weighted by molar-refractivity contribution is 6.22. The van der Waals surface area contributed by atoms with Crippen LogP contribution in [0.1, 0.15) is 0 Å². The van der Waals surface area contributed by atoms with E-state index in [4.69, 9.17) is 0 Å². The van der Waals surface area contributed by atoms with Crippen molar-refractivity contribution in [3.63, 3.8) is 0 Å². The molecule has 10 aromatic carbocycles. The lowest BCUT2D eigenvalue weighted by molar-refractivity contribution is 1.18. The lowest BCUT2D eigenvalue weighted by Gasteiger charge is -2.11. The highest BCUT2D eigenvalue weighted by Gasteiger charge is 2.22. The fourth-order valence-corrected chi connectivity index (χ4v) is 10.0. The smallest absolute Gasteiger partial charge is 0.0547 e. The number of benzene rings is 10. The normalized spacial score (nSPS) is 12.1. The maximum absolute atomic E-state index is 2.42. The van der Waals surface area contributed by atoms with Crippen LogP contribution >= 0.6 is 0 Å². The second-order valence-corrected chi connectivity index (χ2v) is 15.7. The summed E-state index contributed by atoms with van der Waals surface area (Å²) in [6.45, 7) is 0. The quantitative estimate of drug-likeness (QED) is 0.170. The number of rotatable bonds is 4. The Hall–Kier alpha value is -7.68. The van der Waals surface area contributed by atoms with Gasteiger partial charge in [-0.2, -0.15) is 0 Å². The molecule has 1 aliphatic carbocycles. The van der Waals surface area contributed by atoms with E-state index in [1.54, 1.807) is 0 Å². The Morgan fingerprint density at radius 2 is 0.810 bits per heavy atom. The van der Waals surface area contributed by atoms with E-state index in [-0.39, 0.29) is 0 Å². The molecule has 0 aliphatic heterocycles. The first-order chi connectivity index (χ1) is 28.8. The van der Waals surface area contributed by atoms with Crippen molar-refractivity contribution >= 4 is 65.2 Å². The van der Waals surface area contributed by atoms with Gasteiger partial charge in [0.15, 0.2) is 0 Å². The fourth-order valence-electron chi connectivity index (χ4n) is 10.0. The van der Waals surface area contributed by atoms with E-state index < -0.39 is 0 Å². The fraction of sp³-hybridized carbons (Fsp3) is 0. The minimum Gasteiger partial charge on any atom is -0.309 e. The van der Waals surface area contributed by atoms with Crippen LogP contribution in [0.25, 0.3) is 121 Å². The van der Waals surface area contributed by atoms with E-state index in [0.717, 1.165) is 5.69 Å². The third kappa shape index (κ3) is 4.43. The molecule has 268 valence electrons. The molecule has 0 amide bonds. The van der Waals surface area contributed by atoms with E-state index in [0.29, 0.717) is 0 Å². The molecule has 0 atom stereocenters. The standard InChI is InChI=1S/C56H34N2/c1-2-13-41(14-3-1)58-53-29-25-38(33-50(53)56-43-15-5-4-11-36(43)23-30-54(56)58)37-24-28-52-48(32-37)46-18-8-9-20-51(46)57(52)42-26-21-35(22-27-42)40-31-39-12-10-19-47-44-16-6-7-17-45(44)49(34-40)55(39)47/h1-34H. The van der Waals surface area contributed by atoms with E-state index in [1.165, 1.54) is 115 Å². The first-order valence-electron chi connectivity index (χ1n) is 20.1. The zero-order valence-electron chi connectivity index (χ0n) is 31.5. The van der Waals surface area contributed by atoms with Gasteiger partial charge in [-0.1, -0.05) is 133 Å². The molecular weight excluding hydrogens is 701 g/mol. The summed E-state index contributed by atoms with van der Waals surface area (Å²) in [5.41, 5.74) is 17.4. The number of para-hydroxylation sites is 2. The van der Waals surface area contributed by atoms with Crippen LogP contribution in [-0.4, -0.2) is 9.13 Å². The topological polar surface area (TPSA) is 9.86 Å². The Labute approximate surface area is 335 Å². The van der Waals surface area contributed by atoms with Crippen LogP contribution in [0.3, 0.4) is 0 Å². The van der Waals surface area contributed by atoms with Crippen LogP contribution < -0.4 is 0 Å². The van der Waals surface area contributed by atoms with E-state index >= 15 is 0 Å². The van der Waals surface area contributed by atoms with Crippen LogP contribution in [-0.2, 0) is 0 Å². The number of hydrogen-bond acceptors (Lipinski definition) is 0. The predicted molar refractivity (Wildman–Crippen MR) is 245 cm³/mol. The van der Waals surface area contributed by atoms with Crippen molar-refractivity contribution < 1.29 is 0 Å². The Kier molecular flexibility index (Phi) is 6.47. The van der Waals surface area contributed by atoms with Gasteiger partial charge in [0.1, 0.15) is 0 Å². The maximum Gasteiger partial charge on any atom is 0.0547 e. The molecule has 1 aliphatic rings. The molecule has 0 spiro atoms. The summed E-state index contributed by atoms with van der Waals surface area (Å²) in [4.78, 5) is 0. The van der Waals surface area contributed by atoms with Crippen molar-refractivity contribution in [1.82, 2.24) is 9.13 Å². The summed E-state index contributed by atoms with van der Waals surface area (Å²) in [5, 5.41) is 10.2. The van der Waals surface area contributed by atoms with Gasteiger partial charge in [0.2, 0.25) is 0 Å². The van der Waals surface area contributed by atoms with E-state index in [2.05, 4.69) is 215 Å². The minimum absolute atomic E-state index is 1.16. The summed E-state index contributed by atoms with van der Waals surface area (Å²) in [7, 11) is 0. The molecule has 0 saturated heterocycles. The molecule has 0 unspecified atom stereocenters. The molecular formula is C56H34N2. The van der Waals surface area contributed by atoms with Gasteiger partial charge < -0.3 is 9.13 Å². The molecule has 0 radical (unpaired) electrons. The molecule has 12 aromatic rings. The average Bonchev–Trinajstić information content (AvgIpc) is 3.93. The van der Waals surface area contributed by atoms with Crippen molar-refractivity contribution in [3.8, 4) is 55.9 Å².